The molecule has 2 aromatic heterocycles. The molecule has 21 heavy (non-hydrogen) atoms. The average Bonchev–Trinajstić information content (AvgIpc) is 3.02. The van der Waals surface area contributed by atoms with Crippen LogP contribution in [-0.2, 0) is 19.4 Å². The normalized spacial score (nSPS) is 16.5. The van der Waals surface area contributed by atoms with Gasteiger partial charge >= 0.3 is 0 Å². The zero-order valence-electron chi connectivity index (χ0n) is 12.5. The lowest BCUT2D eigenvalue weighted by Gasteiger charge is -2.31. The Morgan fingerprint density at radius 2 is 2.29 bits per heavy atom. The fourth-order valence-corrected chi connectivity index (χ4v) is 2.58. The van der Waals surface area contributed by atoms with Crippen molar-refractivity contribution in [3.05, 3.63) is 29.3 Å². The summed E-state index contributed by atoms with van der Waals surface area (Å²) in [4.78, 5) is 15.2. The number of hydrogen-bond acceptors (Lipinski definition) is 7. The molecule has 0 aliphatic carbocycles. The summed E-state index contributed by atoms with van der Waals surface area (Å²) in [7, 11) is 1.64. The van der Waals surface area contributed by atoms with Gasteiger partial charge in [-0.25, -0.2) is 9.97 Å². The predicted molar refractivity (Wildman–Crippen MR) is 74.8 cm³/mol. The van der Waals surface area contributed by atoms with Gasteiger partial charge in [-0.3, -0.25) is 4.90 Å². The molecule has 3 heterocycles. The highest BCUT2D eigenvalue weighted by molar-refractivity contribution is 5.31. The van der Waals surface area contributed by atoms with Crippen molar-refractivity contribution in [3.63, 3.8) is 0 Å². The van der Waals surface area contributed by atoms with E-state index < -0.39 is 0 Å². The van der Waals surface area contributed by atoms with Gasteiger partial charge in [-0.15, -0.1) is 0 Å². The number of fused-ring (bicyclic) bond motifs is 1. The largest absolute Gasteiger partial charge is 0.481 e. The van der Waals surface area contributed by atoms with Gasteiger partial charge in [-0.2, -0.15) is 4.98 Å². The van der Waals surface area contributed by atoms with Crippen LogP contribution in [0.1, 0.15) is 42.9 Å². The molecule has 2 aromatic rings. The molecule has 0 spiro atoms. The molecule has 0 saturated heterocycles. The Labute approximate surface area is 123 Å². The van der Waals surface area contributed by atoms with Gasteiger partial charge in [0.1, 0.15) is 6.33 Å². The highest BCUT2D eigenvalue weighted by Gasteiger charge is 2.28. The molecule has 0 fully saturated rings. The minimum Gasteiger partial charge on any atom is -0.481 e. The van der Waals surface area contributed by atoms with Crippen LogP contribution in [0.15, 0.2) is 10.9 Å². The first-order valence-corrected chi connectivity index (χ1v) is 7.16. The number of aromatic nitrogens is 4. The van der Waals surface area contributed by atoms with Gasteiger partial charge < -0.3 is 9.26 Å². The molecule has 7 nitrogen and oxygen atoms in total. The van der Waals surface area contributed by atoms with E-state index in [1.165, 1.54) is 0 Å². The third-order valence-corrected chi connectivity index (χ3v) is 3.89. The molecule has 3 rings (SSSR count). The highest BCUT2D eigenvalue weighted by atomic mass is 16.5. The van der Waals surface area contributed by atoms with Gasteiger partial charge in [-0.05, 0) is 6.92 Å². The Morgan fingerprint density at radius 3 is 3.00 bits per heavy atom. The predicted octanol–water partition coefficient (Wildman–Crippen LogP) is 1.55. The van der Waals surface area contributed by atoms with E-state index in [1.807, 2.05) is 6.92 Å². The van der Waals surface area contributed by atoms with Crippen molar-refractivity contribution in [3.8, 4) is 5.88 Å². The van der Waals surface area contributed by atoms with E-state index in [0.717, 1.165) is 43.0 Å². The maximum absolute atomic E-state index is 5.35. The number of methoxy groups -OCH3 is 1. The molecule has 0 radical (unpaired) electrons. The summed E-state index contributed by atoms with van der Waals surface area (Å²) in [6.45, 7) is 5.72. The van der Waals surface area contributed by atoms with E-state index in [0.29, 0.717) is 11.8 Å². The van der Waals surface area contributed by atoms with Crippen molar-refractivity contribution >= 4 is 0 Å². The average molecular weight is 289 g/mol. The number of nitrogens with zero attached hydrogens (tertiary/aromatic N) is 5. The van der Waals surface area contributed by atoms with Crippen LogP contribution in [-0.4, -0.2) is 38.7 Å². The molecule has 1 atom stereocenters. The fraction of sp³-hybridized carbons (Fsp3) is 0.571. The van der Waals surface area contributed by atoms with Crippen LogP contribution in [0, 0.1) is 0 Å². The van der Waals surface area contributed by atoms with E-state index in [2.05, 4.69) is 31.9 Å². The van der Waals surface area contributed by atoms with E-state index in [1.54, 1.807) is 13.4 Å². The Kier molecular flexibility index (Phi) is 3.83. The molecule has 112 valence electrons. The van der Waals surface area contributed by atoms with E-state index in [4.69, 9.17) is 9.26 Å². The summed E-state index contributed by atoms with van der Waals surface area (Å²) in [6, 6.07) is 0.0656. The van der Waals surface area contributed by atoms with Gasteiger partial charge in [0.25, 0.3) is 0 Å². The molecule has 0 bridgehead atoms. The van der Waals surface area contributed by atoms with Gasteiger partial charge in [-0.1, -0.05) is 12.1 Å². The van der Waals surface area contributed by atoms with E-state index in [9.17, 15) is 0 Å². The first-order chi connectivity index (χ1) is 10.2. The Bertz CT molecular complexity index is 613. The van der Waals surface area contributed by atoms with Crippen molar-refractivity contribution in [2.75, 3.05) is 13.7 Å². The summed E-state index contributed by atoms with van der Waals surface area (Å²) in [5, 5.41) is 3.97. The van der Waals surface area contributed by atoms with Crippen molar-refractivity contribution < 1.29 is 9.26 Å². The van der Waals surface area contributed by atoms with Crippen molar-refractivity contribution in [1.29, 1.82) is 0 Å². The van der Waals surface area contributed by atoms with Gasteiger partial charge in [0, 0.05) is 31.5 Å². The maximum Gasteiger partial charge on any atom is 0.243 e. The van der Waals surface area contributed by atoms with Crippen LogP contribution in [0.5, 0.6) is 5.88 Å². The van der Waals surface area contributed by atoms with Crippen LogP contribution in [0.4, 0.5) is 0 Å². The summed E-state index contributed by atoms with van der Waals surface area (Å²) in [5.41, 5.74) is 2.11. The van der Waals surface area contributed by atoms with Crippen molar-refractivity contribution in [2.24, 2.45) is 0 Å². The molecular formula is C14H19N5O2. The van der Waals surface area contributed by atoms with E-state index >= 15 is 0 Å². The second kappa shape index (κ2) is 5.77. The minimum atomic E-state index is 0.0656. The zero-order chi connectivity index (χ0) is 14.8. The number of ether oxygens (including phenoxy) is 1. The van der Waals surface area contributed by atoms with Crippen LogP contribution >= 0.6 is 0 Å². The van der Waals surface area contributed by atoms with Crippen LogP contribution < -0.4 is 4.74 Å². The number of hydrogen-bond donors (Lipinski definition) is 0. The quantitative estimate of drug-likeness (QED) is 0.845. The molecule has 7 heteroatoms. The minimum absolute atomic E-state index is 0.0656. The van der Waals surface area contributed by atoms with Gasteiger partial charge in [0.15, 0.2) is 5.82 Å². The van der Waals surface area contributed by atoms with Gasteiger partial charge in [0.2, 0.25) is 11.8 Å². The second-order valence-corrected chi connectivity index (χ2v) is 5.11. The standard InChI is InChI=1S/C14H19N5O2/c1-4-12-17-13(21-18-12)9(2)19-6-5-11-10(7-19)14(20-3)16-8-15-11/h8-9H,4-7H2,1-3H3/t9-/m0/s1. The van der Waals surface area contributed by atoms with Crippen LogP contribution in [0.3, 0.4) is 0 Å². The molecule has 0 saturated carbocycles. The lowest BCUT2D eigenvalue weighted by molar-refractivity contribution is 0.154. The molecule has 1 aliphatic heterocycles. The van der Waals surface area contributed by atoms with Crippen molar-refractivity contribution in [1.82, 2.24) is 25.0 Å². The first-order valence-electron chi connectivity index (χ1n) is 7.16. The molecule has 1 aliphatic rings. The lowest BCUT2D eigenvalue weighted by Crippen LogP contribution is -2.34. The van der Waals surface area contributed by atoms with E-state index in [-0.39, 0.29) is 6.04 Å². The summed E-state index contributed by atoms with van der Waals surface area (Å²) >= 11 is 0. The maximum atomic E-state index is 5.35. The fourth-order valence-electron chi connectivity index (χ4n) is 2.58. The summed E-state index contributed by atoms with van der Waals surface area (Å²) < 4.78 is 10.7. The highest BCUT2D eigenvalue weighted by Crippen LogP contribution is 2.29. The Balaban J connectivity index is 1.82. The Hall–Kier alpha value is -2.02. The van der Waals surface area contributed by atoms with Crippen LogP contribution in [0.25, 0.3) is 0 Å². The van der Waals surface area contributed by atoms with Crippen molar-refractivity contribution in [2.45, 2.75) is 39.3 Å². The topological polar surface area (TPSA) is 77.2 Å². The number of aryl methyl sites for hydroxylation is 1. The van der Waals surface area contributed by atoms with Gasteiger partial charge in [0.05, 0.1) is 18.8 Å². The molecule has 0 aromatic carbocycles. The monoisotopic (exact) mass is 289 g/mol. The number of rotatable bonds is 4. The van der Waals surface area contributed by atoms with Crippen LogP contribution in [0.2, 0.25) is 0 Å². The molecule has 0 unspecified atom stereocenters. The third kappa shape index (κ3) is 2.61. The smallest absolute Gasteiger partial charge is 0.243 e. The lowest BCUT2D eigenvalue weighted by atomic mass is 10.0. The molecule has 0 amide bonds. The Morgan fingerprint density at radius 1 is 1.43 bits per heavy atom. The zero-order valence-corrected chi connectivity index (χ0v) is 12.5. The molecule has 0 N–H and O–H groups in total. The third-order valence-electron chi connectivity index (χ3n) is 3.89. The second-order valence-electron chi connectivity index (χ2n) is 5.11. The first kappa shape index (κ1) is 13.9. The molecular weight excluding hydrogens is 270 g/mol. The summed E-state index contributed by atoms with van der Waals surface area (Å²) in [6.07, 6.45) is 3.20. The SMILES string of the molecule is CCc1noc([C@H](C)N2CCc3ncnc(OC)c3C2)n1. The summed E-state index contributed by atoms with van der Waals surface area (Å²) in [5.74, 6) is 2.05.